The number of rotatable bonds is 3. The van der Waals surface area contributed by atoms with E-state index in [2.05, 4.69) is 22.4 Å². The molecule has 2 aromatic rings. The molecule has 2 N–H and O–H groups in total. The first-order valence-electron chi connectivity index (χ1n) is 7.45. The van der Waals surface area contributed by atoms with Crippen LogP contribution in [0.5, 0.6) is 0 Å². The first kappa shape index (κ1) is 14.0. The van der Waals surface area contributed by atoms with E-state index in [0.29, 0.717) is 23.0 Å². The van der Waals surface area contributed by atoms with Gasteiger partial charge in [0, 0.05) is 12.2 Å². The normalized spacial score (nSPS) is 22.4. The van der Waals surface area contributed by atoms with E-state index in [0.717, 1.165) is 12.5 Å². The summed E-state index contributed by atoms with van der Waals surface area (Å²) in [5, 5.41) is 11.7. The van der Waals surface area contributed by atoms with Crippen molar-refractivity contribution in [3.63, 3.8) is 0 Å². The summed E-state index contributed by atoms with van der Waals surface area (Å²) >= 11 is 0. The number of nitrogen functional groups attached to an aromatic ring is 1. The number of hydrogen-bond donors (Lipinski definition) is 1. The average molecular weight is 289 g/mol. The lowest BCUT2D eigenvalue weighted by Gasteiger charge is -2.26. The summed E-state index contributed by atoms with van der Waals surface area (Å²) in [5.41, 5.74) is 6.39. The van der Waals surface area contributed by atoms with Gasteiger partial charge in [-0.15, -0.1) is 5.10 Å². The minimum atomic E-state index is -0.386. The molecule has 0 bridgehead atoms. The van der Waals surface area contributed by atoms with Crippen LogP contribution in [0.2, 0.25) is 0 Å². The van der Waals surface area contributed by atoms with Crippen LogP contribution in [-0.4, -0.2) is 20.2 Å². The molecule has 1 fully saturated rings. The third-order valence-corrected chi connectivity index (χ3v) is 4.24. The SMILES string of the molecule is CC1CCCC(Cn2nnnc2-c2ccc(N)cc2F)C1. The molecule has 0 amide bonds. The number of nitrogens with two attached hydrogens (primary N) is 1. The van der Waals surface area contributed by atoms with Crippen LogP contribution in [0.1, 0.15) is 32.6 Å². The van der Waals surface area contributed by atoms with Gasteiger partial charge < -0.3 is 5.73 Å². The molecular formula is C15H20FN5. The van der Waals surface area contributed by atoms with Crippen LogP contribution in [0.15, 0.2) is 18.2 Å². The fourth-order valence-electron chi connectivity index (χ4n) is 3.20. The maximum atomic E-state index is 14.0. The van der Waals surface area contributed by atoms with Crippen molar-refractivity contribution in [2.24, 2.45) is 11.8 Å². The Morgan fingerprint density at radius 1 is 1.38 bits per heavy atom. The highest BCUT2D eigenvalue weighted by molar-refractivity contribution is 5.59. The quantitative estimate of drug-likeness (QED) is 0.882. The molecule has 0 saturated heterocycles. The fraction of sp³-hybridized carbons (Fsp3) is 0.533. The van der Waals surface area contributed by atoms with Crippen molar-refractivity contribution < 1.29 is 4.39 Å². The number of nitrogens with zero attached hydrogens (tertiary/aromatic N) is 4. The van der Waals surface area contributed by atoms with E-state index in [1.807, 2.05) is 0 Å². The Kier molecular flexibility index (Phi) is 3.86. The Bertz CT molecular complexity index is 624. The van der Waals surface area contributed by atoms with Crippen molar-refractivity contribution in [2.75, 3.05) is 5.73 Å². The van der Waals surface area contributed by atoms with E-state index in [9.17, 15) is 4.39 Å². The number of benzene rings is 1. The van der Waals surface area contributed by atoms with Gasteiger partial charge >= 0.3 is 0 Å². The summed E-state index contributed by atoms with van der Waals surface area (Å²) in [5.74, 6) is 1.40. The van der Waals surface area contributed by atoms with Crippen LogP contribution in [0.25, 0.3) is 11.4 Å². The van der Waals surface area contributed by atoms with Crippen LogP contribution < -0.4 is 5.73 Å². The molecule has 3 rings (SSSR count). The van der Waals surface area contributed by atoms with E-state index in [4.69, 9.17) is 5.73 Å². The van der Waals surface area contributed by atoms with Crippen molar-refractivity contribution in [1.29, 1.82) is 0 Å². The minimum absolute atomic E-state index is 0.386. The molecule has 21 heavy (non-hydrogen) atoms. The van der Waals surface area contributed by atoms with E-state index < -0.39 is 0 Å². The van der Waals surface area contributed by atoms with Crippen LogP contribution >= 0.6 is 0 Å². The minimum Gasteiger partial charge on any atom is -0.399 e. The average Bonchev–Trinajstić information content (AvgIpc) is 2.87. The van der Waals surface area contributed by atoms with E-state index in [1.54, 1.807) is 16.8 Å². The van der Waals surface area contributed by atoms with Crippen LogP contribution in [-0.2, 0) is 6.54 Å². The Labute approximate surface area is 123 Å². The molecule has 1 aliphatic carbocycles. The molecule has 0 spiro atoms. The van der Waals surface area contributed by atoms with Gasteiger partial charge in [0.1, 0.15) is 5.82 Å². The van der Waals surface area contributed by atoms with Crippen LogP contribution in [0.4, 0.5) is 10.1 Å². The maximum Gasteiger partial charge on any atom is 0.184 e. The zero-order valence-corrected chi connectivity index (χ0v) is 12.2. The van der Waals surface area contributed by atoms with E-state index in [1.165, 1.54) is 31.7 Å². The van der Waals surface area contributed by atoms with Crippen molar-refractivity contribution in [2.45, 2.75) is 39.2 Å². The molecule has 2 atom stereocenters. The molecular weight excluding hydrogens is 269 g/mol. The molecule has 5 nitrogen and oxygen atoms in total. The molecule has 0 radical (unpaired) electrons. The Balaban J connectivity index is 1.83. The highest BCUT2D eigenvalue weighted by Gasteiger charge is 2.22. The summed E-state index contributed by atoms with van der Waals surface area (Å²) < 4.78 is 15.8. The van der Waals surface area contributed by atoms with Gasteiger partial charge in [-0.2, -0.15) is 0 Å². The number of tetrazole rings is 1. The maximum absolute atomic E-state index is 14.0. The molecule has 1 heterocycles. The second-order valence-corrected chi connectivity index (χ2v) is 6.06. The van der Waals surface area contributed by atoms with Gasteiger partial charge in [0.25, 0.3) is 0 Å². The summed E-state index contributed by atoms with van der Waals surface area (Å²) in [7, 11) is 0. The number of aromatic nitrogens is 4. The smallest absolute Gasteiger partial charge is 0.184 e. The summed E-state index contributed by atoms with van der Waals surface area (Å²) in [6.07, 6.45) is 4.92. The third kappa shape index (κ3) is 3.04. The zero-order valence-electron chi connectivity index (χ0n) is 12.2. The molecule has 6 heteroatoms. The predicted octanol–water partition coefficient (Wildman–Crippen LogP) is 2.89. The standard InChI is InChI=1S/C15H20FN5/c1-10-3-2-4-11(7-10)9-21-15(18-19-20-21)13-6-5-12(17)8-14(13)16/h5-6,8,10-11H,2-4,7,9,17H2,1H3. The van der Waals surface area contributed by atoms with Crippen molar-refractivity contribution >= 4 is 5.69 Å². The topological polar surface area (TPSA) is 69.6 Å². The van der Waals surface area contributed by atoms with Gasteiger partial charge in [-0.25, -0.2) is 9.07 Å². The third-order valence-electron chi connectivity index (χ3n) is 4.24. The lowest BCUT2D eigenvalue weighted by atomic mass is 9.82. The van der Waals surface area contributed by atoms with Crippen LogP contribution in [0, 0.1) is 17.7 Å². The monoisotopic (exact) mass is 289 g/mol. The molecule has 1 aromatic heterocycles. The van der Waals surface area contributed by atoms with Crippen molar-refractivity contribution in [3.05, 3.63) is 24.0 Å². The highest BCUT2D eigenvalue weighted by atomic mass is 19.1. The van der Waals surface area contributed by atoms with Gasteiger partial charge in [0.05, 0.1) is 5.56 Å². The van der Waals surface area contributed by atoms with Gasteiger partial charge in [0.15, 0.2) is 5.82 Å². The van der Waals surface area contributed by atoms with E-state index >= 15 is 0 Å². The van der Waals surface area contributed by atoms with Gasteiger partial charge in [-0.1, -0.05) is 19.8 Å². The number of hydrogen-bond acceptors (Lipinski definition) is 4. The highest BCUT2D eigenvalue weighted by Crippen LogP contribution is 2.30. The molecule has 0 aliphatic heterocycles. The first-order chi connectivity index (χ1) is 10.1. The first-order valence-corrected chi connectivity index (χ1v) is 7.45. The summed E-state index contributed by atoms with van der Waals surface area (Å²) in [4.78, 5) is 0. The second kappa shape index (κ2) is 5.79. The molecule has 1 aromatic carbocycles. The number of halogens is 1. The Morgan fingerprint density at radius 2 is 2.24 bits per heavy atom. The van der Waals surface area contributed by atoms with Crippen molar-refractivity contribution in [3.8, 4) is 11.4 Å². The lowest BCUT2D eigenvalue weighted by molar-refractivity contribution is 0.249. The Hall–Kier alpha value is -1.98. The zero-order chi connectivity index (χ0) is 14.8. The second-order valence-electron chi connectivity index (χ2n) is 6.06. The molecule has 112 valence electrons. The van der Waals surface area contributed by atoms with Gasteiger partial charge in [-0.05, 0) is 53.3 Å². The van der Waals surface area contributed by atoms with Crippen LogP contribution in [0.3, 0.4) is 0 Å². The molecule has 1 aliphatic rings. The van der Waals surface area contributed by atoms with Crippen molar-refractivity contribution in [1.82, 2.24) is 20.2 Å². The summed E-state index contributed by atoms with van der Waals surface area (Å²) in [6, 6.07) is 4.60. The lowest BCUT2D eigenvalue weighted by Crippen LogP contribution is -2.20. The summed E-state index contributed by atoms with van der Waals surface area (Å²) in [6.45, 7) is 3.03. The molecule has 1 saturated carbocycles. The molecule has 2 unspecified atom stereocenters. The van der Waals surface area contributed by atoms with Gasteiger partial charge in [0.2, 0.25) is 0 Å². The number of anilines is 1. The van der Waals surface area contributed by atoms with Gasteiger partial charge in [-0.3, -0.25) is 0 Å². The largest absolute Gasteiger partial charge is 0.399 e. The fourth-order valence-corrected chi connectivity index (χ4v) is 3.20. The van der Waals surface area contributed by atoms with E-state index in [-0.39, 0.29) is 5.82 Å². The predicted molar refractivity (Wildman–Crippen MR) is 78.7 cm³/mol. The Morgan fingerprint density at radius 3 is 3.00 bits per heavy atom.